The van der Waals surface area contributed by atoms with Crippen molar-refractivity contribution in [2.24, 2.45) is 0 Å². The van der Waals surface area contributed by atoms with Gasteiger partial charge in [0.15, 0.2) is 5.83 Å². The zero-order valence-corrected chi connectivity index (χ0v) is 5.97. The second kappa shape index (κ2) is 3.58. The largest absolute Gasteiger partial charge is 0.198 e. The molecule has 0 aromatic heterocycles. The van der Waals surface area contributed by atoms with E-state index in [9.17, 15) is 4.39 Å². The van der Waals surface area contributed by atoms with Gasteiger partial charge in [-0.3, -0.25) is 0 Å². The Morgan fingerprint density at radius 1 is 1.27 bits per heavy atom. The fraction of sp³-hybridized carbons (Fsp3) is 0. The second-order valence-electron chi connectivity index (χ2n) is 2.02. The molecule has 0 amide bonds. The van der Waals surface area contributed by atoms with Gasteiger partial charge in [0, 0.05) is 5.56 Å². The van der Waals surface area contributed by atoms with Gasteiger partial charge in [-0.15, -0.1) is 0 Å². The Balaban J connectivity index is 2.83. The molecule has 0 spiro atoms. The molecule has 1 aromatic carbocycles. The summed E-state index contributed by atoms with van der Waals surface area (Å²) in [6.07, 6.45) is 0. The van der Waals surface area contributed by atoms with Crippen molar-refractivity contribution in [2.45, 2.75) is 0 Å². The summed E-state index contributed by atoms with van der Waals surface area (Å²) in [4.78, 5) is 0. The minimum atomic E-state index is -0.603. The Kier molecular flexibility index (Phi) is 2.46. The summed E-state index contributed by atoms with van der Waals surface area (Å²) < 4.78 is 12.0. The summed E-state index contributed by atoms with van der Waals surface area (Å²) >= 11 is 0. The molecule has 1 rings (SSSR count). The van der Waals surface area contributed by atoms with E-state index in [2.05, 4.69) is 18.4 Å². The van der Waals surface area contributed by atoms with Gasteiger partial charge in [-0.1, -0.05) is 30.7 Å². The summed E-state index contributed by atoms with van der Waals surface area (Å²) in [5, 5.41) is 0. The van der Waals surface area contributed by atoms with Crippen molar-refractivity contribution in [3.8, 4) is 11.8 Å². The zero-order chi connectivity index (χ0) is 8.10. The molecule has 0 aliphatic carbocycles. The summed E-state index contributed by atoms with van der Waals surface area (Å²) in [6.45, 7) is 3.03. The Labute approximate surface area is 65.4 Å². The van der Waals surface area contributed by atoms with Crippen LogP contribution in [0.3, 0.4) is 0 Å². The number of rotatable bonds is 0. The van der Waals surface area contributed by atoms with Crippen molar-refractivity contribution >= 4 is 0 Å². The molecule has 11 heavy (non-hydrogen) atoms. The molecule has 0 atom stereocenters. The quantitative estimate of drug-likeness (QED) is 0.493. The molecule has 0 heterocycles. The van der Waals surface area contributed by atoms with Crippen LogP contribution in [0.5, 0.6) is 0 Å². The molecule has 0 unspecified atom stereocenters. The molecule has 0 nitrogen and oxygen atoms in total. The van der Waals surface area contributed by atoms with Crippen LogP contribution in [0.2, 0.25) is 0 Å². The first-order valence-corrected chi connectivity index (χ1v) is 3.20. The Morgan fingerprint density at radius 3 is 2.45 bits per heavy atom. The van der Waals surface area contributed by atoms with Crippen LogP contribution in [0.1, 0.15) is 5.56 Å². The van der Waals surface area contributed by atoms with Gasteiger partial charge < -0.3 is 0 Å². The molecule has 1 heteroatoms. The van der Waals surface area contributed by atoms with Gasteiger partial charge in [0.2, 0.25) is 0 Å². The fourth-order valence-corrected chi connectivity index (χ4v) is 0.661. The van der Waals surface area contributed by atoms with E-state index >= 15 is 0 Å². The van der Waals surface area contributed by atoms with Gasteiger partial charge in [-0.2, -0.15) is 4.39 Å². The topological polar surface area (TPSA) is 0 Å². The summed E-state index contributed by atoms with van der Waals surface area (Å²) in [7, 11) is 0. The number of allylic oxidation sites excluding steroid dienone is 1. The molecule has 0 fully saturated rings. The van der Waals surface area contributed by atoms with E-state index in [1.807, 2.05) is 30.3 Å². The predicted octanol–water partition coefficient (Wildman–Crippen LogP) is 2.52. The predicted molar refractivity (Wildman–Crippen MR) is 43.6 cm³/mol. The van der Waals surface area contributed by atoms with E-state index in [-0.39, 0.29) is 0 Å². The lowest BCUT2D eigenvalue weighted by Gasteiger charge is -1.84. The maximum Gasteiger partial charge on any atom is 0.166 e. The first-order chi connectivity index (χ1) is 5.29. The Bertz CT molecular complexity index is 301. The van der Waals surface area contributed by atoms with Crippen molar-refractivity contribution in [2.75, 3.05) is 0 Å². The van der Waals surface area contributed by atoms with Gasteiger partial charge in [0.05, 0.1) is 0 Å². The van der Waals surface area contributed by atoms with Crippen LogP contribution in [-0.2, 0) is 0 Å². The average Bonchev–Trinajstić information content (AvgIpc) is 2.03. The van der Waals surface area contributed by atoms with Crippen LogP contribution in [-0.4, -0.2) is 0 Å². The number of hydrogen-bond acceptors (Lipinski definition) is 0. The van der Waals surface area contributed by atoms with Gasteiger partial charge in [-0.25, -0.2) is 0 Å². The number of hydrogen-bond donors (Lipinski definition) is 0. The third-order valence-electron chi connectivity index (χ3n) is 1.12. The van der Waals surface area contributed by atoms with Crippen molar-refractivity contribution in [1.29, 1.82) is 0 Å². The first-order valence-electron chi connectivity index (χ1n) is 3.20. The van der Waals surface area contributed by atoms with E-state index in [0.717, 1.165) is 5.56 Å². The van der Waals surface area contributed by atoms with Crippen molar-refractivity contribution in [3.05, 3.63) is 48.3 Å². The van der Waals surface area contributed by atoms with Crippen molar-refractivity contribution in [3.63, 3.8) is 0 Å². The first kappa shape index (κ1) is 7.56. The van der Waals surface area contributed by atoms with Crippen LogP contribution in [0.15, 0.2) is 42.7 Å². The Hall–Kier alpha value is -1.55. The monoisotopic (exact) mass is 146 g/mol. The molecule has 0 N–H and O–H groups in total. The molecule has 0 bridgehead atoms. The third-order valence-corrected chi connectivity index (χ3v) is 1.12. The summed E-state index contributed by atoms with van der Waals surface area (Å²) in [6, 6.07) is 9.22. The van der Waals surface area contributed by atoms with Crippen LogP contribution in [0.25, 0.3) is 0 Å². The highest BCUT2D eigenvalue weighted by molar-refractivity contribution is 5.37. The van der Waals surface area contributed by atoms with Crippen LogP contribution < -0.4 is 0 Å². The maximum absolute atomic E-state index is 12.0. The molecule has 0 radical (unpaired) electrons. The maximum atomic E-state index is 12.0. The normalized spacial score (nSPS) is 8.09. The van der Waals surface area contributed by atoms with Gasteiger partial charge in [-0.05, 0) is 18.1 Å². The molecule has 1 aromatic rings. The molecule has 0 saturated carbocycles. The molecule has 0 saturated heterocycles. The average molecular weight is 146 g/mol. The Morgan fingerprint density at radius 2 is 1.91 bits per heavy atom. The SMILES string of the molecule is C=C(F)C#Cc1ccccc1. The van der Waals surface area contributed by atoms with E-state index in [4.69, 9.17) is 0 Å². The zero-order valence-electron chi connectivity index (χ0n) is 5.97. The van der Waals surface area contributed by atoms with E-state index in [1.54, 1.807) is 0 Å². The van der Waals surface area contributed by atoms with Crippen LogP contribution >= 0.6 is 0 Å². The summed E-state index contributed by atoms with van der Waals surface area (Å²) in [5.74, 6) is 4.27. The molecular weight excluding hydrogens is 139 g/mol. The number of halogens is 1. The molecule has 0 aliphatic heterocycles. The standard InChI is InChI=1S/C10H7F/c1-9(11)7-8-10-5-3-2-4-6-10/h2-6H,1H2. The summed E-state index contributed by atoms with van der Waals surface area (Å²) in [5.41, 5.74) is 0.798. The number of benzene rings is 1. The molecule has 0 aliphatic rings. The smallest absolute Gasteiger partial charge is 0.166 e. The highest BCUT2D eigenvalue weighted by Crippen LogP contribution is 1.96. The van der Waals surface area contributed by atoms with E-state index in [0.29, 0.717) is 0 Å². The molecule has 54 valence electrons. The van der Waals surface area contributed by atoms with Crippen LogP contribution in [0, 0.1) is 11.8 Å². The minimum absolute atomic E-state index is 0.603. The van der Waals surface area contributed by atoms with Gasteiger partial charge >= 0.3 is 0 Å². The fourth-order valence-electron chi connectivity index (χ4n) is 0.661. The lowest BCUT2D eigenvalue weighted by atomic mass is 10.2. The van der Waals surface area contributed by atoms with Crippen molar-refractivity contribution < 1.29 is 4.39 Å². The van der Waals surface area contributed by atoms with Crippen molar-refractivity contribution in [1.82, 2.24) is 0 Å². The lowest BCUT2D eigenvalue weighted by Crippen LogP contribution is -1.70. The van der Waals surface area contributed by atoms with E-state index in [1.165, 1.54) is 0 Å². The second-order valence-corrected chi connectivity index (χ2v) is 2.02. The van der Waals surface area contributed by atoms with Gasteiger partial charge in [0.1, 0.15) is 0 Å². The molecular formula is C10H7F. The highest BCUT2D eigenvalue weighted by atomic mass is 19.1. The third kappa shape index (κ3) is 2.68. The highest BCUT2D eigenvalue weighted by Gasteiger charge is 1.81. The van der Waals surface area contributed by atoms with Gasteiger partial charge in [0.25, 0.3) is 0 Å². The van der Waals surface area contributed by atoms with E-state index < -0.39 is 5.83 Å². The lowest BCUT2D eigenvalue weighted by molar-refractivity contribution is 0.680. The minimum Gasteiger partial charge on any atom is -0.198 e. The van der Waals surface area contributed by atoms with Crippen LogP contribution in [0.4, 0.5) is 4.39 Å².